The third-order valence-electron chi connectivity index (χ3n) is 7.71. The van der Waals surface area contributed by atoms with Gasteiger partial charge in [0.05, 0.1) is 5.41 Å². The zero-order valence-corrected chi connectivity index (χ0v) is 21.6. The van der Waals surface area contributed by atoms with E-state index >= 15 is 0 Å². The molecule has 5 heteroatoms. The summed E-state index contributed by atoms with van der Waals surface area (Å²) >= 11 is 5.98. The summed E-state index contributed by atoms with van der Waals surface area (Å²) in [4.78, 5) is 28.5. The van der Waals surface area contributed by atoms with E-state index in [4.69, 9.17) is 11.6 Å². The Labute approximate surface area is 219 Å². The summed E-state index contributed by atoms with van der Waals surface area (Å²) in [7, 11) is 0. The number of piperidine rings is 1. The molecule has 0 N–H and O–H groups in total. The van der Waals surface area contributed by atoms with Crippen LogP contribution in [0.1, 0.15) is 62.5 Å². The minimum Gasteiger partial charge on any atom is -0.343 e. The van der Waals surface area contributed by atoms with Gasteiger partial charge in [-0.15, -0.1) is 0 Å². The third kappa shape index (κ3) is 6.73. The molecule has 0 bridgehead atoms. The lowest BCUT2D eigenvalue weighted by molar-refractivity contribution is -0.138. The highest BCUT2D eigenvalue weighted by molar-refractivity contribution is 6.30. The van der Waals surface area contributed by atoms with E-state index in [2.05, 4.69) is 18.2 Å². The van der Waals surface area contributed by atoms with Gasteiger partial charge in [-0.05, 0) is 86.8 Å². The molecule has 0 atom stereocenters. The van der Waals surface area contributed by atoms with Crippen LogP contribution in [-0.4, -0.2) is 29.7 Å². The van der Waals surface area contributed by atoms with E-state index in [1.807, 2.05) is 29.2 Å². The molecular weight excluding hydrogens is 473 g/mol. The quantitative estimate of drug-likeness (QED) is 0.317. The smallest absolute Gasteiger partial charge is 0.222 e. The SMILES string of the molecule is O=C(CCc1ccc(F)cc1)N1CCC(C(=O)CCCCc2ccc(Cl)cc2)(C2=CC=CCC2)CC1. The van der Waals surface area contributed by atoms with E-state index in [0.717, 1.165) is 42.7 Å². The molecule has 2 aromatic carbocycles. The van der Waals surface area contributed by atoms with Crippen LogP contribution in [-0.2, 0) is 22.4 Å². The Hall–Kier alpha value is -2.72. The number of ketones is 1. The summed E-state index contributed by atoms with van der Waals surface area (Å²) in [5, 5.41) is 0.742. The fourth-order valence-corrected chi connectivity index (χ4v) is 5.61. The molecule has 2 aliphatic rings. The highest BCUT2D eigenvalue weighted by Gasteiger charge is 2.43. The van der Waals surface area contributed by atoms with Crippen molar-refractivity contribution in [2.24, 2.45) is 5.41 Å². The van der Waals surface area contributed by atoms with Crippen molar-refractivity contribution in [1.82, 2.24) is 4.90 Å². The molecule has 0 spiro atoms. The molecule has 0 unspecified atom stereocenters. The number of amides is 1. The first kappa shape index (κ1) is 26.3. The van der Waals surface area contributed by atoms with E-state index in [-0.39, 0.29) is 11.7 Å². The van der Waals surface area contributed by atoms with Crippen LogP contribution >= 0.6 is 11.6 Å². The van der Waals surface area contributed by atoms with E-state index in [1.54, 1.807) is 12.1 Å². The number of rotatable bonds is 10. The number of aryl methyl sites for hydroxylation is 2. The maximum Gasteiger partial charge on any atom is 0.222 e. The molecule has 4 rings (SSSR count). The Bertz CT molecular complexity index is 1100. The van der Waals surface area contributed by atoms with Crippen molar-refractivity contribution in [3.63, 3.8) is 0 Å². The van der Waals surface area contributed by atoms with Gasteiger partial charge in [0.1, 0.15) is 11.6 Å². The summed E-state index contributed by atoms with van der Waals surface area (Å²) in [5.41, 5.74) is 3.00. The van der Waals surface area contributed by atoms with Crippen LogP contribution in [0.15, 0.2) is 72.3 Å². The Morgan fingerprint density at radius 2 is 1.56 bits per heavy atom. The number of benzene rings is 2. The molecule has 1 heterocycles. The zero-order chi connectivity index (χ0) is 25.4. The topological polar surface area (TPSA) is 37.4 Å². The molecule has 0 saturated carbocycles. The number of nitrogens with zero attached hydrogens (tertiary/aromatic N) is 1. The van der Waals surface area contributed by atoms with Gasteiger partial charge in [-0.2, -0.15) is 0 Å². The van der Waals surface area contributed by atoms with Crippen molar-refractivity contribution in [1.29, 1.82) is 0 Å². The van der Waals surface area contributed by atoms with Crippen molar-refractivity contribution in [2.75, 3.05) is 13.1 Å². The highest BCUT2D eigenvalue weighted by Crippen LogP contribution is 2.44. The molecule has 3 nitrogen and oxygen atoms in total. The average molecular weight is 508 g/mol. The average Bonchev–Trinajstić information content (AvgIpc) is 2.92. The van der Waals surface area contributed by atoms with Crippen LogP contribution in [0.2, 0.25) is 5.02 Å². The minimum atomic E-state index is -0.446. The Morgan fingerprint density at radius 3 is 2.22 bits per heavy atom. The van der Waals surface area contributed by atoms with Crippen LogP contribution < -0.4 is 0 Å². The molecule has 190 valence electrons. The number of Topliss-reactive ketones (excluding diaryl/α,β-unsaturated/α-hetero) is 1. The van der Waals surface area contributed by atoms with Crippen LogP contribution in [0.25, 0.3) is 0 Å². The first-order chi connectivity index (χ1) is 17.5. The molecule has 2 aromatic rings. The standard InChI is InChI=1S/C31H35ClFNO2/c32-27-15-10-24(11-16-27)6-4-5-9-29(35)31(26-7-2-1-3-8-26)20-22-34(23-21-31)30(36)19-14-25-12-17-28(33)18-13-25/h1-2,7,10-13,15-18H,3-6,8-9,14,19-23H2. The molecule has 1 fully saturated rings. The first-order valence-corrected chi connectivity index (χ1v) is 13.5. The normalized spacial score (nSPS) is 17.1. The van der Waals surface area contributed by atoms with Gasteiger partial charge in [0.2, 0.25) is 5.91 Å². The van der Waals surface area contributed by atoms with Gasteiger partial charge in [-0.1, -0.05) is 59.7 Å². The maximum absolute atomic E-state index is 13.7. The minimum absolute atomic E-state index is 0.112. The summed E-state index contributed by atoms with van der Waals surface area (Å²) in [6, 6.07) is 14.3. The van der Waals surface area contributed by atoms with Gasteiger partial charge >= 0.3 is 0 Å². The largest absolute Gasteiger partial charge is 0.343 e. The summed E-state index contributed by atoms with van der Waals surface area (Å²) in [5.74, 6) is 0.179. The third-order valence-corrected chi connectivity index (χ3v) is 7.96. The van der Waals surface area contributed by atoms with Gasteiger partial charge in [0, 0.05) is 31.0 Å². The van der Waals surface area contributed by atoms with Crippen molar-refractivity contribution in [2.45, 2.75) is 64.2 Å². The second-order valence-corrected chi connectivity index (χ2v) is 10.4. The molecule has 1 saturated heterocycles. The molecule has 0 aromatic heterocycles. The summed E-state index contributed by atoms with van der Waals surface area (Å²) in [6.07, 6.45) is 14.0. The molecule has 0 radical (unpaired) electrons. The monoisotopic (exact) mass is 507 g/mol. The number of hydrogen-bond donors (Lipinski definition) is 0. The van der Waals surface area contributed by atoms with Crippen molar-refractivity contribution in [3.05, 3.63) is 94.3 Å². The number of allylic oxidation sites excluding steroid dienone is 4. The molecular formula is C31H35ClFNO2. The number of carbonyl (C=O) groups excluding carboxylic acids is 2. The van der Waals surface area contributed by atoms with Crippen molar-refractivity contribution < 1.29 is 14.0 Å². The second-order valence-electron chi connectivity index (χ2n) is 10.0. The van der Waals surface area contributed by atoms with Gasteiger partial charge < -0.3 is 4.90 Å². The second kappa shape index (κ2) is 12.5. The van der Waals surface area contributed by atoms with E-state index < -0.39 is 5.41 Å². The predicted molar refractivity (Wildman–Crippen MR) is 143 cm³/mol. The maximum atomic E-state index is 13.7. The lowest BCUT2D eigenvalue weighted by atomic mass is 9.66. The zero-order valence-electron chi connectivity index (χ0n) is 20.9. The van der Waals surface area contributed by atoms with Crippen LogP contribution in [0.3, 0.4) is 0 Å². The fraction of sp³-hybridized carbons (Fsp3) is 0.419. The van der Waals surface area contributed by atoms with Crippen LogP contribution in [0.5, 0.6) is 0 Å². The summed E-state index contributed by atoms with van der Waals surface area (Å²) < 4.78 is 13.1. The first-order valence-electron chi connectivity index (χ1n) is 13.1. The van der Waals surface area contributed by atoms with E-state index in [9.17, 15) is 14.0 Å². The highest BCUT2D eigenvalue weighted by atomic mass is 35.5. The van der Waals surface area contributed by atoms with Gasteiger partial charge in [0.15, 0.2) is 0 Å². The Kier molecular flexibility index (Phi) is 9.14. The Balaban J connectivity index is 1.33. The summed E-state index contributed by atoms with van der Waals surface area (Å²) in [6.45, 7) is 1.22. The predicted octanol–water partition coefficient (Wildman–Crippen LogP) is 7.28. The number of hydrogen-bond acceptors (Lipinski definition) is 2. The van der Waals surface area contributed by atoms with Gasteiger partial charge in [-0.25, -0.2) is 4.39 Å². The van der Waals surface area contributed by atoms with E-state index in [0.29, 0.717) is 51.0 Å². The molecule has 1 amide bonds. The molecule has 1 aliphatic carbocycles. The van der Waals surface area contributed by atoms with Crippen LogP contribution in [0, 0.1) is 11.2 Å². The fourth-order valence-electron chi connectivity index (χ4n) is 5.48. The van der Waals surface area contributed by atoms with Crippen molar-refractivity contribution in [3.8, 4) is 0 Å². The van der Waals surface area contributed by atoms with Gasteiger partial charge in [0.25, 0.3) is 0 Å². The Morgan fingerprint density at radius 1 is 0.889 bits per heavy atom. The van der Waals surface area contributed by atoms with E-state index in [1.165, 1.54) is 23.3 Å². The number of unbranched alkanes of at least 4 members (excludes halogenated alkanes) is 1. The molecule has 1 aliphatic heterocycles. The van der Waals surface area contributed by atoms with Gasteiger partial charge in [-0.3, -0.25) is 9.59 Å². The lowest BCUT2D eigenvalue weighted by Crippen LogP contribution is -2.47. The number of halogens is 2. The lowest BCUT2D eigenvalue weighted by Gasteiger charge is -2.43. The number of carbonyl (C=O) groups is 2. The number of likely N-dealkylation sites (tertiary alicyclic amines) is 1. The van der Waals surface area contributed by atoms with Crippen LogP contribution in [0.4, 0.5) is 4.39 Å². The van der Waals surface area contributed by atoms with Crippen molar-refractivity contribution >= 4 is 23.3 Å². The molecule has 36 heavy (non-hydrogen) atoms.